The van der Waals surface area contributed by atoms with E-state index in [1.165, 1.54) is 12.1 Å². The molecule has 2 aromatic rings. The van der Waals surface area contributed by atoms with E-state index in [2.05, 4.69) is 0 Å². The molecular formula is C14H9NO4. The van der Waals surface area contributed by atoms with Crippen molar-refractivity contribution < 1.29 is 14.4 Å². The van der Waals surface area contributed by atoms with E-state index in [0.29, 0.717) is 23.0 Å². The molecule has 0 spiro atoms. The van der Waals surface area contributed by atoms with Crippen LogP contribution in [0.1, 0.15) is 5.56 Å². The molecule has 1 heterocycles. The van der Waals surface area contributed by atoms with E-state index in [4.69, 9.17) is 9.47 Å². The Balaban J connectivity index is 1.88. The maximum absolute atomic E-state index is 10.7. The van der Waals surface area contributed by atoms with Crippen molar-refractivity contribution in [2.45, 2.75) is 0 Å². The van der Waals surface area contributed by atoms with Crippen molar-refractivity contribution in [1.29, 1.82) is 0 Å². The molecule has 0 N–H and O–H groups in total. The van der Waals surface area contributed by atoms with Crippen LogP contribution in [0.4, 0.5) is 5.69 Å². The van der Waals surface area contributed by atoms with Gasteiger partial charge in [0.15, 0.2) is 11.5 Å². The van der Waals surface area contributed by atoms with Gasteiger partial charge in [-0.2, -0.15) is 0 Å². The van der Waals surface area contributed by atoms with Crippen LogP contribution in [-0.4, -0.2) is 4.92 Å². The number of fused-ring (bicyclic) bond motifs is 1. The van der Waals surface area contributed by atoms with Crippen LogP contribution in [-0.2, 0) is 0 Å². The molecule has 1 aliphatic heterocycles. The molecule has 0 radical (unpaired) electrons. The lowest BCUT2D eigenvalue weighted by Gasteiger charge is -1.98. The van der Waals surface area contributed by atoms with E-state index >= 15 is 0 Å². The van der Waals surface area contributed by atoms with Crippen molar-refractivity contribution >= 4 is 11.8 Å². The molecule has 3 rings (SSSR count). The molecule has 0 unspecified atom stereocenters. The van der Waals surface area contributed by atoms with Gasteiger partial charge in [-0.1, -0.05) is 24.3 Å². The Bertz CT molecular complexity index is 652. The fraction of sp³-hybridized carbons (Fsp3) is 0. The first-order valence-electron chi connectivity index (χ1n) is 5.63. The summed E-state index contributed by atoms with van der Waals surface area (Å²) in [6, 6.07) is 13.5. The molecule has 94 valence electrons. The second kappa shape index (κ2) is 4.45. The Morgan fingerprint density at radius 1 is 1.00 bits per heavy atom. The number of para-hydroxylation sites is 2. The van der Waals surface area contributed by atoms with Crippen LogP contribution in [0.25, 0.3) is 6.08 Å². The van der Waals surface area contributed by atoms with Crippen molar-refractivity contribution in [3.05, 3.63) is 70.2 Å². The minimum atomic E-state index is -0.437. The summed E-state index contributed by atoms with van der Waals surface area (Å²) in [4.78, 5) is 10.3. The first-order valence-corrected chi connectivity index (χ1v) is 5.63. The summed E-state index contributed by atoms with van der Waals surface area (Å²) < 4.78 is 11.0. The normalized spacial score (nSPS) is 12.3. The summed E-state index contributed by atoms with van der Waals surface area (Å²) in [5.41, 5.74) is 0.682. The predicted octanol–water partition coefficient (Wildman–Crippen LogP) is 3.36. The minimum Gasteiger partial charge on any atom is -0.422 e. The van der Waals surface area contributed by atoms with Gasteiger partial charge in [0.05, 0.1) is 4.92 Å². The second-order valence-corrected chi connectivity index (χ2v) is 3.97. The highest BCUT2D eigenvalue weighted by atomic mass is 16.7. The molecule has 0 saturated carbocycles. The van der Waals surface area contributed by atoms with Crippen LogP contribution in [0.15, 0.2) is 54.5 Å². The Morgan fingerprint density at radius 2 is 1.68 bits per heavy atom. The summed E-state index contributed by atoms with van der Waals surface area (Å²) >= 11 is 0. The van der Waals surface area contributed by atoms with Crippen molar-refractivity contribution in [2.24, 2.45) is 0 Å². The molecule has 19 heavy (non-hydrogen) atoms. The fourth-order valence-electron chi connectivity index (χ4n) is 1.78. The molecule has 0 saturated heterocycles. The lowest BCUT2D eigenvalue weighted by molar-refractivity contribution is -0.384. The molecule has 5 heteroatoms. The monoisotopic (exact) mass is 255 g/mol. The minimum absolute atomic E-state index is 0.0323. The molecule has 1 aliphatic rings. The zero-order valence-corrected chi connectivity index (χ0v) is 9.78. The summed E-state index contributed by atoms with van der Waals surface area (Å²) in [6.45, 7) is 0. The second-order valence-electron chi connectivity index (χ2n) is 3.97. The number of nitro benzene ring substituents is 1. The molecule has 0 atom stereocenters. The molecule has 0 aliphatic carbocycles. The third-order valence-corrected chi connectivity index (χ3v) is 2.64. The zero-order chi connectivity index (χ0) is 13.2. The number of hydrogen-bond donors (Lipinski definition) is 0. The van der Waals surface area contributed by atoms with Gasteiger partial charge in [-0.3, -0.25) is 10.1 Å². The van der Waals surface area contributed by atoms with E-state index in [9.17, 15) is 10.1 Å². The van der Waals surface area contributed by atoms with Crippen molar-refractivity contribution in [3.63, 3.8) is 0 Å². The number of non-ortho nitro benzene ring substituents is 1. The van der Waals surface area contributed by atoms with E-state index in [1.807, 2.05) is 12.1 Å². The molecule has 0 bridgehead atoms. The standard InChI is InChI=1S/C14H9NO4/c16-15(17)11-5-3-4-10(8-11)9-14-18-12-6-1-2-7-13(12)19-14/h1-9H. The van der Waals surface area contributed by atoms with Crippen LogP contribution in [0.5, 0.6) is 11.5 Å². The fourth-order valence-corrected chi connectivity index (χ4v) is 1.78. The lowest BCUT2D eigenvalue weighted by Crippen LogP contribution is -1.94. The van der Waals surface area contributed by atoms with Crippen LogP contribution in [0.3, 0.4) is 0 Å². The number of ether oxygens (including phenoxy) is 2. The largest absolute Gasteiger partial charge is 0.422 e. The van der Waals surface area contributed by atoms with E-state index in [0.717, 1.165) is 0 Å². The highest BCUT2D eigenvalue weighted by Gasteiger charge is 2.18. The topological polar surface area (TPSA) is 61.6 Å². The molecule has 0 fully saturated rings. The van der Waals surface area contributed by atoms with Gasteiger partial charge in [0, 0.05) is 18.2 Å². The maximum Gasteiger partial charge on any atom is 0.291 e. The average molecular weight is 255 g/mol. The summed E-state index contributed by atoms with van der Waals surface area (Å²) in [5.74, 6) is 1.58. The summed E-state index contributed by atoms with van der Waals surface area (Å²) in [6.07, 6.45) is 1.62. The number of hydrogen-bond acceptors (Lipinski definition) is 4. The smallest absolute Gasteiger partial charge is 0.291 e. The highest BCUT2D eigenvalue weighted by Crippen LogP contribution is 2.36. The molecule has 2 aromatic carbocycles. The van der Waals surface area contributed by atoms with Crippen LogP contribution in [0, 0.1) is 10.1 Å². The molecule has 5 nitrogen and oxygen atoms in total. The van der Waals surface area contributed by atoms with Crippen LogP contribution in [0.2, 0.25) is 0 Å². The highest BCUT2D eigenvalue weighted by molar-refractivity contribution is 5.57. The summed E-state index contributed by atoms with van der Waals surface area (Å²) in [5, 5.41) is 10.7. The van der Waals surface area contributed by atoms with Gasteiger partial charge in [0.2, 0.25) is 0 Å². The molecular weight excluding hydrogens is 246 g/mol. The first-order chi connectivity index (χ1) is 9.22. The van der Waals surface area contributed by atoms with E-state index < -0.39 is 4.92 Å². The Hall–Kier alpha value is -2.82. The van der Waals surface area contributed by atoms with Gasteiger partial charge < -0.3 is 9.47 Å². The zero-order valence-electron chi connectivity index (χ0n) is 9.78. The van der Waals surface area contributed by atoms with Gasteiger partial charge in [0.25, 0.3) is 11.6 Å². The van der Waals surface area contributed by atoms with E-state index in [-0.39, 0.29) is 5.69 Å². The number of nitrogens with zero attached hydrogens (tertiary/aromatic N) is 1. The predicted molar refractivity (Wildman–Crippen MR) is 68.8 cm³/mol. The van der Waals surface area contributed by atoms with Crippen LogP contribution >= 0.6 is 0 Å². The van der Waals surface area contributed by atoms with Crippen molar-refractivity contribution in [2.75, 3.05) is 0 Å². The Kier molecular flexibility index (Phi) is 2.64. The Morgan fingerprint density at radius 3 is 2.32 bits per heavy atom. The third kappa shape index (κ3) is 2.26. The number of rotatable bonds is 2. The summed E-state index contributed by atoms with van der Waals surface area (Å²) in [7, 11) is 0. The third-order valence-electron chi connectivity index (χ3n) is 2.64. The van der Waals surface area contributed by atoms with Crippen molar-refractivity contribution in [3.8, 4) is 11.5 Å². The molecule has 0 aromatic heterocycles. The van der Waals surface area contributed by atoms with Crippen LogP contribution < -0.4 is 9.47 Å². The van der Waals surface area contributed by atoms with Gasteiger partial charge in [0.1, 0.15) is 0 Å². The Labute approximate surface area is 108 Å². The first kappa shape index (κ1) is 11.3. The van der Waals surface area contributed by atoms with Gasteiger partial charge in [-0.15, -0.1) is 0 Å². The number of nitro groups is 1. The quantitative estimate of drug-likeness (QED) is 0.609. The van der Waals surface area contributed by atoms with Gasteiger partial charge >= 0.3 is 0 Å². The van der Waals surface area contributed by atoms with Gasteiger partial charge in [-0.05, 0) is 17.7 Å². The van der Waals surface area contributed by atoms with Gasteiger partial charge in [-0.25, -0.2) is 0 Å². The van der Waals surface area contributed by atoms with E-state index in [1.54, 1.807) is 30.3 Å². The number of benzene rings is 2. The molecule has 0 amide bonds. The SMILES string of the molecule is O=[N+]([O-])c1cccc(C=C2Oc3ccccc3O2)c1. The lowest BCUT2D eigenvalue weighted by atomic mass is 10.2. The average Bonchev–Trinajstić information content (AvgIpc) is 2.81. The maximum atomic E-state index is 10.7. The van der Waals surface area contributed by atoms with Crippen molar-refractivity contribution in [1.82, 2.24) is 0 Å².